The zero-order valence-corrected chi connectivity index (χ0v) is 26.4. The van der Waals surface area contributed by atoms with Crippen LogP contribution in [0.2, 0.25) is 0 Å². The highest BCUT2D eigenvalue weighted by atomic mass is 19.1. The number of nitrogens with zero attached hydrogens (tertiary/aromatic N) is 2. The minimum Gasteiger partial charge on any atom is -0.416 e. The van der Waals surface area contributed by atoms with E-state index in [0.29, 0.717) is 12.8 Å². The summed E-state index contributed by atoms with van der Waals surface area (Å²) in [5.74, 6) is -0.152. The summed E-state index contributed by atoms with van der Waals surface area (Å²) < 4.78 is 26.5. The van der Waals surface area contributed by atoms with Crippen LogP contribution in [0.25, 0.3) is 0 Å². The van der Waals surface area contributed by atoms with Crippen LogP contribution in [-0.4, -0.2) is 69.8 Å². The fourth-order valence-electron chi connectivity index (χ4n) is 4.27. The molecule has 0 aromatic carbocycles. The van der Waals surface area contributed by atoms with Gasteiger partial charge in [-0.25, -0.2) is 14.0 Å². The summed E-state index contributed by atoms with van der Waals surface area (Å²) in [6, 6.07) is 1.000. The van der Waals surface area contributed by atoms with Gasteiger partial charge in [0.05, 0.1) is 0 Å². The van der Waals surface area contributed by atoms with Crippen LogP contribution in [0.15, 0.2) is 82.6 Å². The Morgan fingerprint density at radius 3 is 2.22 bits per heavy atom. The van der Waals surface area contributed by atoms with Gasteiger partial charge in [0.2, 0.25) is 12.2 Å². The molecule has 45 heavy (non-hydrogen) atoms. The maximum atomic E-state index is 15.2. The van der Waals surface area contributed by atoms with Crippen LogP contribution in [0.3, 0.4) is 0 Å². The molecular formula is C33H47FN4O7. The summed E-state index contributed by atoms with van der Waals surface area (Å²) >= 11 is 0. The maximum Gasteiger partial charge on any atom is 0.411 e. The second kappa shape index (κ2) is 20.1. The molecule has 0 bridgehead atoms. The number of carbonyl (C=O) groups is 2. The van der Waals surface area contributed by atoms with E-state index >= 15 is 4.39 Å². The minimum atomic E-state index is -2.51. The molecular weight excluding hydrogens is 583 g/mol. The Kier molecular flexibility index (Phi) is 16.6. The zero-order chi connectivity index (χ0) is 33.1. The Labute approximate surface area is 263 Å². The van der Waals surface area contributed by atoms with Gasteiger partial charge in [0.1, 0.15) is 0 Å². The van der Waals surface area contributed by atoms with E-state index in [1.54, 1.807) is 0 Å². The number of H-pyrrole nitrogens is 1. The number of amides is 2. The average Bonchev–Trinajstić information content (AvgIpc) is 3.21. The number of nitrogens with one attached hydrogen (secondary N) is 2. The van der Waals surface area contributed by atoms with E-state index in [1.165, 1.54) is 7.05 Å². The molecule has 1 aromatic rings. The van der Waals surface area contributed by atoms with Crippen LogP contribution in [-0.2, 0) is 14.3 Å². The Balaban J connectivity index is 1.58. The molecule has 0 radical (unpaired) electrons. The lowest BCUT2D eigenvalue weighted by atomic mass is 10.0. The van der Waals surface area contributed by atoms with Gasteiger partial charge in [-0.05, 0) is 51.9 Å². The summed E-state index contributed by atoms with van der Waals surface area (Å²) in [5.41, 5.74) is -4.13. The fraction of sp³-hybridized carbons (Fsp3) is 0.515. The van der Waals surface area contributed by atoms with Crippen molar-refractivity contribution in [3.63, 3.8) is 0 Å². The number of unbranched alkanes of at least 4 members (excludes halogenated alkanes) is 1. The predicted octanol–water partition coefficient (Wildman–Crippen LogP) is 4.59. The van der Waals surface area contributed by atoms with E-state index in [9.17, 15) is 24.3 Å². The summed E-state index contributed by atoms with van der Waals surface area (Å²) in [6.07, 6.45) is 22.8. The number of allylic oxidation sites excluding steroid dienone is 10. The van der Waals surface area contributed by atoms with Crippen molar-refractivity contribution in [2.75, 3.05) is 20.1 Å². The van der Waals surface area contributed by atoms with E-state index in [-0.39, 0.29) is 19.0 Å². The molecule has 1 aromatic heterocycles. The predicted molar refractivity (Wildman–Crippen MR) is 171 cm³/mol. The molecule has 2 amide bonds. The summed E-state index contributed by atoms with van der Waals surface area (Å²) in [4.78, 5) is 51.1. The summed E-state index contributed by atoms with van der Waals surface area (Å²) in [5, 5.41) is 13.1. The second-order valence-electron chi connectivity index (χ2n) is 10.7. The standard InChI is InChI=1S/C33H47FN4O7/c1-4-5-6-7-8-9-10-11-12-13-14-15-16-17-18-19-20-21-26(39)35-23-25-37(3)32(43)45-29-28(41)33(2,34)30(44-29)38-24-22-27(40)36-31(38)42/h5-6,8-9,11-12,14-15,17-18,22,24,28-30,41H,4,7,10,13,16,19-21,23,25H2,1-3H3,(H,35,39)(H,36,40,42)/b6-5-,9-8-,12-11-,15-14-,18-17-/t28-,29-,30-,33-/m1/s1. The molecule has 2 heterocycles. The molecule has 1 aliphatic rings. The fourth-order valence-corrected chi connectivity index (χ4v) is 4.27. The molecule has 12 heteroatoms. The normalized spacial score (nSPS) is 22.0. The van der Waals surface area contributed by atoms with E-state index in [0.717, 1.165) is 67.2 Å². The zero-order valence-electron chi connectivity index (χ0n) is 26.4. The first-order valence-corrected chi connectivity index (χ1v) is 15.3. The first kappa shape index (κ1) is 37.2. The first-order valence-electron chi connectivity index (χ1n) is 15.3. The number of aromatic nitrogens is 2. The number of aliphatic hydroxyl groups excluding tert-OH is 1. The van der Waals surface area contributed by atoms with E-state index < -0.39 is 41.6 Å². The molecule has 3 N–H and O–H groups in total. The van der Waals surface area contributed by atoms with Gasteiger partial charge in [-0.15, -0.1) is 0 Å². The monoisotopic (exact) mass is 630 g/mol. The number of rotatable bonds is 18. The van der Waals surface area contributed by atoms with E-state index in [4.69, 9.17) is 9.47 Å². The lowest BCUT2D eigenvalue weighted by Gasteiger charge is -2.24. The number of likely N-dealkylation sites (N-methyl/N-ethyl adjacent to an activating group) is 1. The molecule has 11 nitrogen and oxygen atoms in total. The minimum absolute atomic E-state index is 0.0951. The molecule has 0 aliphatic carbocycles. The Morgan fingerprint density at radius 2 is 1.64 bits per heavy atom. The SMILES string of the molecule is CC/C=C\C/C=C\C/C=C\C/C=C\C/C=C\CCCC(=O)NCCN(C)C(=O)O[C@H]1O[C@@H](n2ccc(=O)[nH]c2=O)[C@](C)(F)[C@@H]1O. The molecule has 248 valence electrons. The Hall–Kier alpha value is -4.03. The lowest BCUT2D eigenvalue weighted by molar-refractivity contribution is -0.149. The largest absolute Gasteiger partial charge is 0.416 e. The molecule has 1 fully saturated rings. The number of ether oxygens (including phenoxy) is 2. The van der Waals surface area contributed by atoms with Gasteiger partial charge < -0.3 is 24.8 Å². The molecule has 0 unspecified atom stereocenters. The number of carbonyl (C=O) groups excluding carboxylic acids is 2. The van der Waals surface area contributed by atoms with Crippen LogP contribution in [0.4, 0.5) is 9.18 Å². The highest BCUT2D eigenvalue weighted by Gasteiger charge is 2.57. The van der Waals surface area contributed by atoms with Crippen LogP contribution in [0, 0.1) is 0 Å². The van der Waals surface area contributed by atoms with Crippen LogP contribution in [0.1, 0.15) is 71.4 Å². The highest BCUT2D eigenvalue weighted by Crippen LogP contribution is 2.41. The van der Waals surface area contributed by atoms with Gasteiger partial charge in [0.15, 0.2) is 18.0 Å². The third-order valence-corrected chi connectivity index (χ3v) is 6.92. The molecule has 1 saturated heterocycles. The van der Waals surface area contributed by atoms with Crippen molar-refractivity contribution in [2.45, 2.75) is 89.5 Å². The maximum absolute atomic E-state index is 15.2. The van der Waals surface area contributed by atoms with Crippen molar-refractivity contribution < 1.29 is 28.6 Å². The van der Waals surface area contributed by atoms with Crippen LogP contribution >= 0.6 is 0 Å². The number of hydrogen-bond acceptors (Lipinski definition) is 7. The van der Waals surface area contributed by atoms with Crippen LogP contribution < -0.4 is 16.6 Å². The van der Waals surface area contributed by atoms with Crippen molar-refractivity contribution in [1.29, 1.82) is 0 Å². The quantitative estimate of drug-likeness (QED) is 0.159. The van der Waals surface area contributed by atoms with Crippen molar-refractivity contribution in [2.24, 2.45) is 0 Å². The number of alkyl halides is 1. The topological polar surface area (TPSA) is 143 Å². The van der Waals surface area contributed by atoms with Gasteiger partial charge in [0, 0.05) is 38.8 Å². The number of aliphatic hydroxyl groups is 1. The Bertz CT molecular complexity index is 1330. The lowest BCUT2D eigenvalue weighted by Crippen LogP contribution is -2.44. The van der Waals surface area contributed by atoms with Gasteiger partial charge in [0.25, 0.3) is 5.56 Å². The van der Waals surface area contributed by atoms with Crippen molar-refractivity contribution in [3.05, 3.63) is 93.9 Å². The highest BCUT2D eigenvalue weighted by molar-refractivity contribution is 5.75. The Morgan fingerprint density at radius 1 is 1.07 bits per heavy atom. The third kappa shape index (κ3) is 13.2. The third-order valence-electron chi connectivity index (χ3n) is 6.92. The summed E-state index contributed by atoms with van der Waals surface area (Å²) in [6.45, 7) is 3.38. The summed E-state index contributed by atoms with van der Waals surface area (Å²) in [7, 11) is 1.41. The van der Waals surface area contributed by atoms with Crippen molar-refractivity contribution >= 4 is 12.0 Å². The van der Waals surface area contributed by atoms with Gasteiger partial charge in [-0.3, -0.25) is 19.1 Å². The number of aromatic amines is 1. The van der Waals surface area contributed by atoms with Crippen LogP contribution in [0.5, 0.6) is 0 Å². The van der Waals surface area contributed by atoms with E-state index in [2.05, 4.69) is 73.0 Å². The van der Waals surface area contributed by atoms with Gasteiger partial charge in [-0.2, -0.15) is 0 Å². The first-order chi connectivity index (χ1) is 21.6. The van der Waals surface area contributed by atoms with Crippen molar-refractivity contribution in [3.8, 4) is 0 Å². The van der Waals surface area contributed by atoms with E-state index in [1.807, 2.05) is 4.98 Å². The number of halogens is 1. The molecule has 4 atom stereocenters. The van der Waals surface area contributed by atoms with Gasteiger partial charge >= 0.3 is 11.8 Å². The molecule has 0 saturated carbocycles. The second-order valence-corrected chi connectivity index (χ2v) is 10.7. The number of hydrogen-bond donors (Lipinski definition) is 3. The van der Waals surface area contributed by atoms with Gasteiger partial charge in [-0.1, -0.05) is 67.7 Å². The molecule has 0 spiro atoms. The average molecular weight is 631 g/mol. The van der Waals surface area contributed by atoms with Crippen molar-refractivity contribution in [1.82, 2.24) is 19.8 Å². The smallest absolute Gasteiger partial charge is 0.411 e. The molecule has 2 rings (SSSR count). The molecule has 1 aliphatic heterocycles.